The van der Waals surface area contributed by atoms with Crippen LogP contribution in [0, 0.1) is 0 Å². The van der Waals surface area contributed by atoms with Crippen molar-refractivity contribution in [3.8, 4) is 11.4 Å². The minimum atomic E-state index is 0.0311. The van der Waals surface area contributed by atoms with Gasteiger partial charge in [0.2, 0.25) is 0 Å². The Kier molecular flexibility index (Phi) is 3.51. The minimum Gasteiger partial charge on any atom is -0.497 e. The van der Waals surface area contributed by atoms with Gasteiger partial charge in [0, 0.05) is 18.5 Å². The van der Waals surface area contributed by atoms with E-state index in [9.17, 15) is 0 Å². The quantitative estimate of drug-likeness (QED) is 0.920. The summed E-state index contributed by atoms with van der Waals surface area (Å²) in [6.45, 7) is 6.48. The second-order valence-corrected chi connectivity index (χ2v) is 5.52. The molecule has 0 saturated carbocycles. The number of benzene rings is 1. The van der Waals surface area contributed by atoms with Crippen LogP contribution in [0.25, 0.3) is 5.69 Å². The topological polar surface area (TPSA) is 39.1 Å². The fourth-order valence-corrected chi connectivity index (χ4v) is 1.85. The first-order valence-electron chi connectivity index (χ1n) is 6.38. The third-order valence-electron chi connectivity index (χ3n) is 3.05. The van der Waals surface area contributed by atoms with Crippen molar-refractivity contribution in [3.63, 3.8) is 0 Å². The van der Waals surface area contributed by atoms with Crippen LogP contribution in [-0.4, -0.2) is 23.9 Å². The van der Waals surface area contributed by atoms with Crippen molar-refractivity contribution in [1.82, 2.24) is 9.78 Å². The Balaban J connectivity index is 2.45. The standard InChI is InChI=1S/C15H21N3O/c1-15(2,3)13-10-14(16-4)18(17-13)11-6-8-12(19-5)9-7-11/h6-10,16H,1-5H3. The number of hydrogen-bond acceptors (Lipinski definition) is 3. The first-order chi connectivity index (χ1) is 8.95. The van der Waals surface area contributed by atoms with Gasteiger partial charge >= 0.3 is 0 Å². The van der Waals surface area contributed by atoms with Crippen molar-refractivity contribution >= 4 is 5.82 Å². The summed E-state index contributed by atoms with van der Waals surface area (Å²) in [6.07, 6.45) is 0. The van der Waals surface area contributed by atoms with Gasteiger partial charge in [0.15, 0.2) is 0 Å². The number of anilines is 1. The highest BCUT2D eigenvalue weighted by atomic mass is 16.5. The zero-order chi connectivity index (χ0) is 14.0. The van der Waals surface area contributed by atoms with Gasteiger partial charge in [0.1, 0.15) is 11.6 Å². The molecule has 4 heteroatoms. The van der Waals surface area contributed by atoms with Crippen molar-refractivity contribution in [2.45, 2.75) is 26.2 Å². The average Bonchev–Trinajstić information content (AvgIpc) is 2.83. The summed E-state index contributed by atoms with van der Waals surface area (Å²) >= 11 is 0. The zero-order valence-corrected chi connectivity index (χ0v) is 12.2. The zero-order valence-electron chi connectivity index (χ0n) is 12.2. The molecule has 102 valence electrons. The molecule has 0 bridgehead atoms. The van der Waals surface area contributed by atoms with Crippen LogP contribution >= 0.6 is 0 Å². The predicted molar refractivity (Wildman–Crippen MR) is 78.4 cm³/mol. The first kappa shape index (κ1) is 13.5. The number of hydrogen-bond donors (Lipinski definition) is 1. The molecule has 1 aromatic carbocycles. The van der Waals surface area contributed by atoms with E-state index in [1.165, 1.54) is 0 Å². The molecule has 19 heavy (non-hydrogen) atoms. The van der Waals surface area contributed by atoms with E-state index in [0.29, 0.717) is 0 Å². The number of methoxy groups -OCH3 is 1. The van der Waals surface area contributed by atoms with Crippen molar-refractivity contribution < 1.29 is 4.74 Å². The van der Waals surface area contributed by atoms with Gasteiger partial charge < -0.3 is 10.1 Å². The Morgan fingerprint density at radius 2 is 1.79 bits per heavy atom. The monoisotopic (exact) mass is 259 g/mol. The van der Waals surface area contributed by atoms with E-state index >= 15 is 0 Å². The molecule has 0 saturated heterocycles. The van der Waals surface area contributed by atoms with Gasteiger partial charge in [0.05, 0.1) is 18.5 Å². The maximum atomic E-state index is 5.18. The predicted octanol–water partition coefficient (Wildman–Crippen LogP) is 3.22. The van der Waals surface area contributed by atoms with Crippen LogP contribution in [0.4, 0.5) is 5.82 Å². The molecule has 0 radical (unpaired) electrons. The number of nitrogens with zero attached hydrogens (tertiary/aromatic N) is 2. The second-order valence-electron chi connectivity index (χ2n) is 5.52. The fourth-order valence-electron chi connectivity index (χ4n) is 1.85. The van der Waals surface area contributed by atoms with E-state index in [2.05, 4.69) is 32.2 Å². The largest absolute Gasteiger partial charge is 0.497 e. The third-order valence-corrected chi connectivity index (χ3v) is 3.05. The number of ether oxygens (including phenoxy) is 1. The summed E-state index contributed by atoms with van der Waals surface area (Å²) in [6, 6.07) is 9.96. The highest BCUT2D eigenvalue weighted by Gasteiger charge is 2.20. The fraction of sp³-hybridized carbons (Fsp3) is 0.400. The molecule has 0 spiro atoms. The SMILES string of the molecule is CNc1cc(C(C)(C)C)nn1-c1ccc(OC)cc1. The van der Waals surface area contributed by atoms with E-state index in [0.717, 1.165) is 22.9 Å². The molecule has 1 aromatic heterocycles. The number of nitrogens with one attached hydrogen (secondary N) is 1. The van der Waals surface area contributed by atoms with E-state index in [1.54, 1.807) is 7.11 Å². The van der Waals surface area contributed by atoms with Crippen LogP contribution in [-0.2, 0) is 5.41 Å². The van der Waals surface area contributed by atoms with Crippen LogP contribution in [0.15, 0.2) is 30.3 Å². The van der Waals surface area contributed by atoms with Crippen molar-refractivity contribution in [3.05, 3.63) is 36.0 Å². The summed E-state index contributed by atoms with van der Waals surface area (Å²) in [7, 11) is 3.57. The van der Waals surface area contributed by atoms with Crippen LogP contribution in [0.1, 0.15) is 26.5 Å². The molecule has 2 rings (SSSR count). The van der Waals surface area contributed by atoms with Crippen LogP contribution in [0.3, 0.4) is 0 Å². The molecule has 1 heterocycles. The van der Waals surface area contributed by atoms with Crippen LogP contribution in [0.2, 0.25) is 0 Å². The molecule has 0 unspecified atom stereocenters. The van der Waals surface area contributed by atoms with Gasteiger partial charge in [-0.2, -0.15) is 5.10 Å². The van der Waals surface area contributed by atoms with Crippen LogP contribution in [0.5, 0.6) is 5.75 Å². The maximum absolute atomic E-state index is 5.18. The van der Waals surface area contributed by atoms with E-state index in [-0.39, 0.29) is 5.41 Å². The smallest absolute Gasteiger partial charge is 0.129 e. The summed E-state index contributed by atoms with van der Waals surface area (Å²) < 4.78 is 7.09. The van der Waals surface area contributed by atoms with Gasteiger partial charge in [-0.1, -0.05) is 20.8 Å². The number of rotatable bonds is 3. The van der Waals surface area contributed by atoms with Crippen molar-refractivity contribution in [1.29, 1.82) is 0 Å². The lowest BCUT2D eigenvalue weighted by Gasteiger charge is -2.14. The molecule has 0 atom stereocenters. The lowest BCUT2D eigenvalue weighted by atomic mass is 9.92. The highest BCUT2D eigenvalue weighted by Crippen LogP contribution is 2.26. The minimum absolute atomic E-state index is 0.0311. The molecule has 0 aliphatic rings. The Labute approximate surface area is 114 Å². The van der Waals surface area contributed by atoms with E-state index < -0.39 is 0 Å². The molecule has 0 amide bonds. The van der Waals surface area contributed by atoms with Crippen molar-refractivity contribution in [2.24, 2.45) is 0 Å². The summed E-state index contributed by atoms with van der Waals surface area (Å²) in [4.78, 5) is 0. The Morgan fingerprint density at radius 3 is 2.26 bits per heavy atom. The van der Waals surface area contributed by atoms with Gasteiger partial charge in [-0.15, -0.1) is 0 Å². The lowest BCUT2D eigenvalue weighted by molar-refractivity contribution is 0.414. The summed E-state index contributed by atoms with van der Waals surface area (Å²) in [5.74, 6) is 1.83. The molecular weight excluding hydrogens is 238 g/mol. The molecule has 2 aromatic rings. The van der Waals surface area contributed by atoms with E-state index in [4.69, 9.17) is 9.84 Å². The molecular formula is C15H21N3O. The molecule has 0 aliphatic heterocycles. The normalized spacial score (nSPS) is 11.4. The second kappa shape index (κ2) is 4.96. The van der Waals surface area contributed by atoms with Gasteiger partial charge in [0.25, 0.3) is 0 Å². The lowest BCUT2D eigenvalue weighted by Crippen LogP contribution is -2.12. The summed E-state index contributed by atoms with van der Waals surface area (Å²) in [5, 5.41) is 7.88. The Morgan fingerprint density at radius 1 is 1.16 bits per heavy atom. The summed E-state index contributed by atoms with van der Waals surface area (Å²) in [5.41, 5.74) is 2.11. The maximum Gasteiger partial charge on any atom is 0.129 e. The highest BCUT2D eigenvalue weighted by molar-refractivity contribution is 5.48. The van der Waals surface area contributed by atoms with Crippen molar-refractivity contribution in [2.75, 3.05) is 19.5 Å². The van der Waals surface area contributed by atoms with Crippen LogP contribution < -0.4 is 10.1 Å². The Bertz CT molecular complexity index is 550. The molecule has 0 aliphatic carbocycles. The van der Waals surface area contributed by atoms with E-state index in [1.807, 2.05) is 36.0 Å². The molecule has 1 N–H and O–H groups in total. The average molecular weight is 259 g/mol. The van der Waals surface area contributed by atoms with Gasteiger partial charge in [-0.05, 0) is 24.3 Å². The molecule has 0 fully saturated rings. The third kappa shape index (κ3) is 2.72. The first-order valence-corrected chi connectivity index (χ1v) is 6.38. The van der Waals surface area contributed by atoms with Gasteiger partial charge in [-0.3, -0.25) is 0 Å². The number of aromatic nitrogens is 2. The molecule has 4 nitrogen and oxygen atoms in total. The van der Waals surface area contributed by atoms with Gasteiger partial charge in [-0.25, -0.2) is 4.68 Å². The Hall–Kier alpha value is -1.97.